The molecule has 0 saturated heterocycles. The number of methoxy groups -OCH3 is 1. The Morgan fingerprint density at radius 3 is 2.70 bits per heavy atom. The fourth-order valence-corrected chi connectivity index (χ4v) is 1.43. The summed E-state index contributed by atoms with van der Waals surface area (Å²) in [7, 11) is 1.49. The van der Waals surface area contributed by atoms with Crippen LogP contribution in [0.15, 0.2) is 40.6 Å². The quantitative estimate of drug-likeness (QED) is 0.340. The number of nitrogens with two attached hydrogens (primary N) is 1. The van der Waals surface area contributed by atoms with Gasteiger partial charge in [0.05, 0.1) is 18.4 Å². The number of para-hydroxylation sites is 2. The molecule has 0 heterocycles. The van der Waals surface area contributed by atoms with E-state index in [2.05, 4.69) is 22.5 Å². The second kappa shape index (κ2) is 7.25. The molecule has 0 aliphatic rings. The van der Waals surface area contributed by atoms with E-state index in [0.717, 1.165) is 6.21 Å². The maximum Gasteiger partial charge on any atom is 0.260 e. The molecular weight excluding hydrogens is 278 g/mol. The van der Waals surface area contributed by atoms with Gasteiger partial charge in [-0.3, -0.25) is 4.79 Å². The summed E-state index contributed by atoms with van der Waals surface area (Å²) in [6.07, 6.45) is 1.11. The molecule has 6 nitrogen and oxygen atoms in total. The van der Waals surface area contributed by atoms with Crippen molar-refractivity contribution in [3.8, 4) is 5.75 Å². The summed E-state index contributed by atoms with van der Waals surface area (Å²) in [4.78, 5) is 15.7. The van der Waals surface area contributed by atoms with Gasteiger partial charge >= 0.3 is 0 Å². The van der Waals surface area contributed by atoms with Crippen LogP contribution in [-0.4, -0.2) is 29.5 Å². The van der Waals surface area contributed by atoms with Crippen LogP contribution in [0.25, 0.3) is 0 Å². The lowest BCUT2D eigenvalue weighted by Gasteiger charge is -2.10. The van der Waals surface area contributed by atoms with Gasteiger partial charge in [0.15, 0.2) is 5.11 Å². The number of nitrogens with one attached hydrogen (secondary N) is 1. The number of ether oxygens (including phenoxy) is 1. The molecule has 1 rings (SSSR count). The zero-order chi connectivity index (χ0) is 15.1. The van der Waals surface area contributed by atoms with Crippen LogP contribution < -0.4 is 15.8 Å². The van der Waals surface area contributed by atoms with Crippen molar-refractivity contribution in [2.24, 2.45) is 10.7 Å². The maximum absolute atomic E-state index is 12.1. The molecular formula is C13H15N3O3S. The van der Waals surface area contributed by atoms with Crippen molar-refractivity contribution in [2.45, 2.75) is 6.92 Å². The number of carbonyl (C=O) groups excluding carboxylic acids is 1. The summed E-state index contributed by atoms with van der Waals surface area (Å²) < 4.78 is 5.12. The van der Waals surface area contributed by atoms with Gasteiger partial charge in [-0.1, -0.05) is 12.1 Å². The number of aliphatic hydroxyl groups is 1. The molecule has 7 heteroatoms. The average molecular weight is 293 g/mol. The van der Waals surface area contributed by atoms with Gasteiger partial charge in [0.25, 0.3) is 5.91 Å². The highest BCUT2D eigenvalue weighted by molar-refractivity contribution is 7.80. The minimum Gasteiger partial charge on any atom is -0.512 e. The number of nitrogens with zero attached hydrogens (tertiary/aromatic N) is 1. The van der Waals surface area contributed by atoms with Crippen LogP contribution in [-0.2, 0) is 4.79 Å². The zero-order valence-electron chi connectivity index (χ0n) is 11.1. The highest BCUT2D eigenvalue weighted by atomic mass is 32.1. The molecule has 0 unspecified atom stereocenters. The largest absolute Gasteiger partial charge is 0.512 e. The first kappa shape index (κ1) is 15.6. The van der Waals surface area contributed by atoms with E-state index in [4.69, 9.17) is 10.5 Å². The van der Waals surface area contributed by atoms with E-state index in [1.165, 1.54) is 14.0 Å². The first-order chi connectivity index (χ1) is 9.45. The predicted octanol–water partition coefficient (Wildman–Crippen LogP) is 1.78. The Bertz CT molecular complexity index is 578. The van der Waals surface area contributed by atoms with E-state index >= 15 is 0 Å². The molecule has 0 fully saturated rings. The fraction of sp³-hybridized carbons (Fsp3) is 0.154. The van der Waals surface area contributed by atoms with Crippen molar-refractivity contribution in [1.82, 2.24) is 0 Å². The van der Waals surface area contributed by atoms with Gasteiger partial charge in [-0.2, -0.15) is 0 Å². The van der Waals surface area contributed by atoms with Crippen LogP contribution in [0.1, 0.15) is 6.92 Å². The van der Waals surface area contributed by atoms with Crippen LogP contribution in [0.2, 0.25) is 0 Å². The minimum atomic E-state index is -0.547. The Balaban J connectivity index is 2.98. The van der Waals surface area contributed by atoms with Crippen LogP contribution in [0, 0.1) is 0 Å². The predicted molar refractivity (Wildman–Crippen MR) is 82.2 cm³/mol. The zero-order valence-corrected chi connectivity index (χ0v) is 11.9. The molecule has 106 valence electrons. The molecule has 0 saturated carbocycles. The Labute approximate surface area is 122 Å². The van der Waals surface area contributed by atoms with Crippen molar-refractivity contribution in [2.75, 3.05) is 12.4 Å². The molecule has 0 aliphatic heterocycles. The summed E-state index contributed by atoms with van der Waals surface area (Å²) >= 11 is 4.58. The molecule has 0 aromatic heterocycles. The number of rotatable bonds is 4. The normalized spacial score (nSPS) is 11.9. The molecule has 0 aliphatic carbocycles. The molecule has 4 N–H and O–H groups in total. The Hall–Kier alpha value is -2.41. The first-order valence-corrected chi connectivity index (χ1v) is 6.04. The number of aliphatic hydroxyl groups excluding tert-OH is 1. The topological polar surface area (TPSA) is 96.9 Å². The van der Waals surface area contributed by atoms with Crippen molar-refractivity contribution >= 4 is 35.1 Å². The number of anilines is 1. The van der Waals surface area contributed by atoms with Gasteiger partial charge in [-0.15, -0.1) is 0 Å². The summed E-state index contributed by atoms with van der Waals surface area (Å²) in [6, 6.07) is 6.90. The number of aliphatic imine (C=N–C) groups is 1. The van der Waals surface area contributed by atoms with Crippen molar-refractivity contribution in [3.63, 3.8) is 0 Å². The van der Waals surface area contributed by atoms with Gasteiger partial charge in [-0.25, -0.2) is 4.99 Å². The number of hydrogen-bond acceptors (Lipinski definition) is 4. The third-order valence-corrected chi connectivity index (χ3v) is 2.42. The lowest BCUT2D eigenvalue weighted by Crippen LogP contribution is -2.18. The van der Waals surface area contributed by atoms with Crippen molar-refractivity contribution < 1.29 is 14.6 Å². The van der Waals surface area contributed by atoms with Crippen LogP contribution in [0.4, 0.5) is 5.69 Å². The molecule has 0 atom stereocenters. The molecule has 0 spiro atoms. The van der Waals surface area contributed by atoms with E-state index in [-0.39, 0.29) is 16.4 Å². The van der Waals surface area contributed by atoms with Gasteiger partial charge in [-0.05, 0) is 31.3 Å². The smallest absolute Gasteiger partial charge is 0.260 e. The fourth-order valence-electron chi connectivity index (χ4n) is 1.38. The summed E-state index contributed by atoms with van der Waals surface area (Å²) in [5, 5.41) is 12.0. The lowest BCUT2D eigenvalue weighted by molar-refractivity contribution is -0.112. The van der Waals surface area contributed by atoms with Crippen molar-refractivity contribution in [1.29, 1.82) is 0 Å². The highest BCUT2D eigenvalue weighted by Gasteiger charge is 2.13. The third kappa shape index (κ3) is 4.36. The van der Waals surface area contributed by atoms with E-state index in [0.29, 0.717) is 11.4 Å². The summed E-state index contributed by atoms with van der Waals surface area (Å²) in [5.41, 5.74) is 5.65. The second-order valence-electron chi connectivity index (χ2n) is 3.75. The second-order valence-corrected chi connectivity index (χ2v) is 4.17. The Kier molecular flexibility index (Phi) is 5.67. The van der Waals surface area contributed by atoms with Crippen molar-refractivity contribution in [3.05, 3.63) is 35.6 Å². The maximum atomic E-state index is 12.1. The van der Waals surface area contributed by atoms with Gasteiger partial charge in [0.1, 0.15) is 11.5 Å². The van der Waals surface area contributed by atoms with Crippen LogP contribution in [0.3, 0.4) is 0 Å². The number of carbonyl (C=O) groups is 1. The number of benzene rings is 1. The molecule has 1 aromatic rings. The molecule has 20 heavy (non-hydrogen) atoms. The average Bonchev–Trinajstić information content (AvgIpc) is 2.38. The Morgan fingerprint density at radius 1 is 1.50 bits per heavy atom. The molecule has 1 amide bonds. The van der Waals surface area contributed by atoms with Crippen LogP contribution >= 0.6 is 12.2 Å². The number of hydrogen-bond donors (Lipinski definition) is 3. The number of thiocarbonyl (C=S) groups is 1. The minimum absolute atomic E-state index is 0.0382. The standard InChI is InChI=1S/C13H15N3O3S/c1-8(17)9(7-15-13(14)20)12(18)16-10-5-3-4-6-11(10)19-2/h3-7,17H,1-2H3,(H2,14,20)(H,16,18). The van der Waals surface area contributed by atoms with Gasteiger partial charge in [0, 0.05) is 6.21 Å². The van der Waals surface area contributed by atoms with Gasteiger partial charge in [0.2, 0.25) is 0 Å². The molecule has 1 aromatic carbocycles. The SMILES string of the molecule is COc1ccccc1NC(=O)C(C=NC(N)=S)=C(C)O. The monoisotopic (exact) mass is 293 g/mol. The molecule has 0 radical (unpaired) electrons. The first-order valence-electron chi connectivity index (χ1n) is 5.63. The summed E-state index contributed by atoms with van der Waals surface area (Å²) in [5.74, 6) is -0.242. The lowest BCUT2D eigenvalue weighted by atomic mass is 10.2. The van der Waals surface area contributed by atoms with E-state index < -0.39 is 5.91 Å². The molecule has 0 bridgehead atoms. The van der Waals surface area contributed by atoms with Crippen LogP contribution in [0.5, 0.6) is 5.75 Å². The highest BCUT2D eigenvalue weighted by Crippen LogP contribution is 2.23. The number of allylic oxidation sites excluding steroid dienone is 1. The van der Waals surface area contributed by atoms with Gasteiger partial charge < -0.3 is 20.9 Å². The number of amides is 1. The third-order valence-electron chi connectivity index (χ3n) is 2.31. The van der Waals surface area contributed by atoms with E-state index in [1.54, 1.807) is 24.3 Å². The van der Waals surface area contributed by atoms with E-state index in [9.17, 15) is 9.90 Å². The summed E-state index contributed by atoms with van der Waals surface area (Å²) in [6.45, 7) is 1.36. The Morgan fingerprint density at radius 2 is 2.15 bits per heavy atom. The van der Waals surface area contributed by atoms with E-state index in [1.807, 2.05) is 0 Å².